The second-order valence-corrected chi connectivity index (χ2v) is 6.40. The van der Waals surface area contributed by atoms with Crippen molar-refractivity contribution in [2.75, 3.05) is 6.54 Å². The highest BCUT2D eigenvalue weighted by molar-refractivity contribution is 7.89. The molecule has 1 atom stereocenters. The Morgan fingerprint density at radius 1 is 1.50 bits per heavy atom. The number of hydrogen-bond acceptors (Lipinski definition) is 6. The summed E-state index contributed by atoms with van der Waals surface area (Å²) in [4.78, 5) is 3.50. The number of thiophene rings is 1. The molecule has 2 N–H and O–H groups in total. The molecule has 0 spiro atoms. The Balaban J connectivity index is 2.14. The number of hydrogen-bond donors (Lipinski definition) is 2. The third kappa shape index (κ3) is 3.20. The summed E-state index contributed by atoms with van der Waals surface area (Å²) in [5.74, 6) is 0. The minimum atomic E-state index is -3.88. The lowest BCUT2D eigenvalue weighted by Gasteiger charge is -2.11. The van der Waals surface area contributed by atoms with Crippen molar-refractivity contribution in [1.29, 1.82) is 5.26 Å². The van der Waals surface area contributed by atoms with Crippen LogP contribution in [0.4, 0.5) is 0 Å². The molecule has 1 unspecified atom stereocenters. The Hall–Kier alpha value is -1.79. The van der Waals surface area contributed by atoms with Gasteiger partial charge in [-0.3, -0.25) is 0 Å². The maximum atomic E-state index is 12.1. The first-order valence-corrected chi connectivity index (χ1v) is 8.02. The number of rotatable bonds is 5. The van der Waals surface area contributed by atoms with Crippen LogP contribution in [0.1, 0.15) is 17.4 Å². The zero-order valence-electron chi connectivity index (χ0n) is 10.2. The summed E-state index contributed by atoms with van der Waals surface area (Å²) >= 11 is 1.41. The monoisotopic (exact) mass is 309 g/mol. The highest BCUT2D eigenvalue weighted by Crippen LogP contribution is 2.17. The number of nitrogens with zero attached hydrogens (tertiary/aromatic N) is 2. The zero-order valence-corrected chi connectivity index (χ0v) is 11.9. The van der Waals surface area contributed by atoms with Crippen LogP contribution in [0.2, 0.25) is 0 Å². The van der Waals surface area contributed by atoms with E-state index in [2.05, 4.69) is 9.71 Å². The van der Waals surface area contributed by atoms with Gasteiger partial charge in [-0.05, 0) is 34.5 Å². The van der Waals surface area contributed by atoms with Gasteiger partial charge in [0, 0.05) is 12.7 Å². The number of aliphatic hydroxyl groups is 1. The van der Waals surface area contributed by atoms with E-state index in [0.29, 0.717) is 5.56 Å². The van der Waals surface area contributed by atoms with Gasteiger partial charge in [0.2, 0.25) is 10.0 Å². The summed E-state index contributed by atoms with van der Waals surface area (Å²) in [6.45, 7) is -0.168. The van der Waals surface area contributed by atoms with E-state index in [1.165, 1.54) is 29.7 Å². The van der Waals surface area contributed by atoms with Crippen molar-refractivity contribution in [2.45, 2.75) is 11.0 Å². The molecule has 0 saturated heterocycles. The first-order valence-electron chi connectivity index (χ1n) is 5.59. The fourth-order valence-corrected chi connectivity index (χ4v) is 3.39. The van der Waals surface area contributed by atoms with Crippen molar-refractivity contribution < 1.29 is 13.5 Å². The Bertz CT molecular complexity index is 721. The molecular formula is C12H11N3O3S2. The standard InChI is InChI=1S/C12H11N3O3S2/c13-6-10-12(2-1-4-14-10)20(17,18)15-7-11(16)9-3-5-19-8-9/h1-5,8,11,15-16H,7H2. The van der Waals surface area contributed by atoms with Crippen LogP contribution in [-0.4, -0.2) is 25.1 Å². The van der Waals surface area contributed by atoms with Gasteiger partial charge >= 0.3 is 0 Å². The Morgan fingerprint density at radius 2 is 2.30 bits per heavy atom. The summed E-state index contributed by atoms with van der Waals surface area (Å²) in [5, 5.41) is 22.2. The zero-order chi connectivity index (χ0) is 14.6. The van der Waals surface area contributed by atoms with Crippen LogP contribution in [0.25, 0.3) is 0 Å². The maximum absolute atomic E-state index is 12.1. The smallest absolute Gasteiger partial charge is 0.243 e. The minimum absolute atomic E-state index is 0.168. The molecule has 2 aromatic rings. The lowest BCUT2D eigenvalue weighted by Crippen LogP contribution is -2.29. The second-order valence-electron chi connectivity index (χ2n) is 3.89. The largest absolute Gasteiger partial charge is 0.387 e. The SMILES string of the molecule is N#Cc1ncccc1S(=O)(=O)NCC(O)c1ccsc1. The first kappa shape index (κ1) is 14.6. The van der Waals surface area contributed by atoms with Gasteiger partial charge in [-0.25, -0.2) is 18.1 Å². The van der Waals surface area contributed by atoms with Crippen LogP contribution in [-0.2, 0) is 10.0 Å². The van der Waals surface area contributed by atoms with Crippen LogP contribution in [0.3, 0.4) is 0 Å². The van der Waals surface area contributed by atoms with Gasteiger partial charge in [0.15, 0.2) is 5.69 Å². The Kier molecular flexibility index (Phi) is 4.46. The lowest BCUT2D eigenvalue weighted by molar-refractivity contribution is 0.182. The summed E-state index contributed by atoms with van der Waals surface area (Å²) < 4.78 is 26.4. The van der Waals surface area contributed by atoms with Gasteiger partial charge in [-0.15, -0.1) is 0 Å². The molecule has 0 saturated carbocycles. The minimum Gasteiger partial charge on any atom is -0.387 e. The van der Waals surface area contributed by atoms with E-state index in [1.54, 1.807) is 22.9 Å². The first-order chi connectivity index (χ1) is 9.54. The van der Waals surface area contributed by atoms with E-state index in [1.807, 2.05) is 0 Å². The molecule has 2 rings (SSSR count). The fraction of sp³-hybridized carbons (Fsp3) is 0.167. The molecule has 0 amide bonds. The summed E-state index contributed by atoms with van der Waals surface area (Å²) in [6, 6.07) is 6.17. The third-order valence-electron chi connectivity index (χ3n) is 2.56. The highest BCUT2D eigenvalue weighted by Gasteiger charge is 2.20. The molecule has 0 bridgehead atoms. The lowest BCUT2D eigenvalue weighted by atomic mass is 10.2. The van der Waals surface area contributed by atoms with Gasteiger partial charge in [0.25, 0.3) is 0 Å². The average molecular weight is 309 g/mol. The number of sulfonamides is 1. The molecule has 0 aliphatic heterocycles. The number of nitrogens with one attached hydrogen (secondary N) is 1. The predicted octanol–water partition coefficient (Wildman–Crippen LogP) is 1.03. The molecule has 0 aliphatic carbocycles. The van der Waals surface area contributed by atoms with E-state index >= 15 is 0 Å². The summed E-state index contributed by atoms with van der Waals surface area (Å²) in [6.07, 6.45) is 0.413. The second kappa shape index (κ2) is 6.11. The van der Waals surface area contributed by atoms with Gasteiger partial charge < -0.3 is 5.11 Å². The van der Waals surface area contributed by atoms with Crippen molar-refractivity contribution in [1.82, 2.24) is 9.71 Å². The molecule has 0 aromatic carbocycles. The normalized spacial score (nSPS) is 12.8. The van der Waals surface area contributed by atoms with Gasteiger partial charge in [0.1, 0.15) is 11.0 Å². The van der Waals surface area contributed by atoms with Crippen LogP contribution in [0.5, 0.6) is 0 Å². The number of aliphatic hydroxyl groups excluding tert-OH is 1. The molecule has 0 aliphatic rings. The molecule has 6 nitrogen and oxygen atoms in total. The van der Waals surface area contributed by atoms with E-state index in [4.69, 9.17) is 5.26 Å². The van der Waals surface area contributed by atoms with Crippen molar-refractivity contribution >= 4 is 21.4 Å². The van der Waals surface area contributed by atoms with Crippen LogP contribution in [0, 0.1) is 11.3 Å². The summed E-state index contributed by atoms with van der Waals surface area (Å²) in [7, 11) is -3.88. The van der Waals surface area contributed by atoms with Gasteiger partial charge in [-0.1, -0.05) is 0 Å². The fourth-order valence-electron chi connectivity index (χ4n) is 1.54. The topological polar surface area (TPSA) is 103 Å². The van der Waals surface area contributed by atoms with Crippen molar-refractivity contribution in [2.24, 2.45) is 0 Å². The van der Waals surface area contributed by atoms with Crippen LogP contribution in [0.15, 0.2) is 40.1 Å². The molecule has 0 radical (unpaired) electrons. The van der Waals surface area contributed by atoms with Crippen molar-refractivity contribution in [3.05, 3.63) is 46.4 Å². The molecule has 2 heterocycles. The third-order valence-corrected chi connectivity index (χ3v) is 4.72. The van der Waals surface area contributed by atoms with Crippen LogP contribution >= 0.6 is 11.3 Å². The predicted molar refractivity (Wildman–Crippen MR) is 73.4 cm³/mol. The molecule has 0 fully saturated rings. The van der Waals surface area contributed by atoms with E-state index in [-0.39, 0.29) is 17.1 Å². The highest BCUT2D eigenvalue weighted by atomic mass is 32.2. The summed E-state index contributed by atoms with van der Waals surface area (Å²) in [5.41, 5.74) is 0.467. The van der Waals surface area contributed by atoms with Gasteiger partial charge in [0.05, 0.1) is 6.10 Å². The van der Waals surface area contributed by atoms with E-state index < -0.39 is 16.1 Å². The quantitative estimate of drug-likeness (QED) is 0.858. The van der Waals surface area contributed by atoms with Gasteiger partial charge in [-0.2, -0.15) is 16.6 Å². The average Bonchev–Trinajstić information content (AvgIpc) is 2.99. The number of pyridine rings is 1. The Morgan fingerprint density at radius 3 is 2.95 bits per heavy atom. The Labute approximate surface area is 120 Å². The maximum Gasteiger partial charge on any atom is 0.243 e. The van der Waals surface area contributed by atoms with Crippen LogP contribution < -0.4 is 4.72 Å². The van der Waals surface area contributed by atoms with E-state index in [0.717, 1.165) is 0 Å². The molecule has 104 valence electrons. The van der Waals surface area contributed by atoms with Crippen molar-refractivity contribution in [3.63, 3.8) is 0 Å². The van der Waals surface area contributed by atoms with E-state index in [9.17, 15) is 13.5 Å². The van der Waals surface area contributed by atoms with Crippen molar-refractivity contribution in [3.8, 4) is 6.07 Å². The molecular weight excluding hydrogens is 298 g/mol. The number of aromatic nitrogens is 1. The number of nitriles is 1. The molecule has 2 aromatic heterocycles. The molecule has 20 heavy (non-hydrogen) atoms. The molecule has 8 heteroatoms.